The van der Waals surface area contributed by atoms with Gasteiger partial charge in [-0.2, -0.15) is 13.2 Å². The molecule has 3 atom stereocenters. The van der Waals surface area contributed by atoms with Gasteiger partial charge in [0, 0.05) is 17.7 Å². The number of carbonyl (C=O) groups excluding carboxylic acids is 1. The highest BCUT2D eigenvalue weighted by Gasteiger charge is 2.38. The number of alkyl carbamates (subject to hydrolysis) is 1. The minimum absolute atomic E-state index is 0.128. The van der Waals surface area contributed by atoms with Gasteiger partial charge in [-0.05, 0) is 43.4 Å². The number of nitrogens with one attached hydrogen (secondary N) is 2. The number of hydrogen-bond acceptors (Lipinski definition) is 6. The largest absolute Gasteiger partial charge is 0.444 e. The molecule has 0 aliphatic heterocycles. The molecular weight excluding hydrogens is 389 g/mol. The van der Waals surface area contributed by atoms with Crippen molar-refractivity contribution in [1.82, 2.24) is 10.7 Å². The third-order valence-electron chi connectivity index (χ3n) is 5.19. The number of carbonyl (C=O) groups is 1. The van der Waals surface area contributed by atoms with Crippen molar-refractivity contribution in [2.75, 3.05) is 6.61 Å². The van der Waals surface area contributed by atoms with E-state index < -0.39 is 30.0 Å². The van der Waals surface area contributed by atoms with Gasteiger partial charge < -0.3 is 15.2 Å². The van der Waals surface area contributed by atoms with Crippen molar-refractivity contribution in [1.29, 1.82) is 0 Å². The number of aliphatic hydroxyl groups excluding tert-OH is 1. The molecule has 2 aliphatic rings. The van der Waals surface area contributed by atoms with Crippen LogP contribution >= 0.6 is 0 Å². The summed E-state index contributed by atoms with van der Waals surface area (Å²) in [4.78, 5) is 16.5. The molecule has 10 heteroatoms. The second-order valence-electron chi connectivity index (χ2n) is 7.40. The zero-order chi connectivity index (χ0) is 21.0. The summed E-state index contributed by atoms with van der Waals surface area (Å²) in [5, 5.41) is 12.4. The van der Waals surface area contributed by atoms with Crippen LogP contribution in [-0.2, 0) is 17.5 Å². The lowest BCUT2D eigenvalue weighted by atomic mass is 9.82. The Balaban J connectivity index is 1.71. The van der Waals surface area contributed by atoms with Gasteiger partial charge in [-0.15, -0.1) is 0 Å². The zero-order valence-electron chi connectivity index (χ0n) is 15.8. The number of nitrogens with two attached hydrogens (primary N) is 1. The van der Waals surface area contributed by atoms with Gasteiger partial charge in [-0.1, -0.05) is 12.1 Å². The Kier molecular flexibility index (Phi) is 6.76. The van der Waals surface area contributed by atoms with E-state index in [0.717, 1.165) is 25.0 Å². The molecule has 1 aromatic carbocycles. The van der Waals surface area contributed by atoms with Crippen molar-refractivity contribution in [3.8, 4) is 0 Å². The van der Waals surface area contributed by atoms with Gasteiger partial charge in [0.05, 0.1) is 24.8 Å². The highest BCUT2D eigenvalue weighted by molar-refractivity contribution is 5.93. The van der Waals surface area contributed by atoms with Crippen LogP contribution in [0.15, 0.2) is 29.3 Å². The topological polar surface area (TPSA) is 109 Å². The van der Waals surface area contributed by atoms with E-state index >= 15 is 0 Å². The average Bonchev–Trinajstić information content (AvgIpc) is 3.49. The van der Waals surface area contributed by atoms with Crippen molar-refractivity contribution in [2.24, 2.45) is 16.8 Å². The lowest BCUT2D eigenvalue weighted by Crippen LogP contribution is -2.57. The minimum atomic E-state index is -4.39. The van der Waals surface area contributed by atoms with Crippen molar-refractivity contribution in [2.45, 2.75) is 56.6 Å². The van der Waals surface area contributed by atoms with E-state index in [4.69, 9.17) is 10.6 Å². The van der Waals surface area contributed by atoms with Crippen LogP contribution in [-0.4, -0.2) is 41.7 Å². The van der Waals surface area contributed by atoms with E-state index in [1.54, 1.807) is 0 Å². The van der Waals surface area contributed by atoms with Crippen molar-refractivity contribution in [3.63, 3.8) is 0 Å². The molecule has 0 radical (unpaired) electrons. The standard InChI is InChI=1S/C19H25F3N4O3/c20-19(21,22)13-4-1-11(2-5-13)9-24-16-12(10-27)3-8-15(17(16)26-23)29-18(28)25-14-6-7-14/h1-2,4-5,12,14-15,17,26-27H,3,6-10,23H2,(H,25,28). The average molecular weight is 414 g/mol. The number of ether oxygens (including phenoxy) is 1. The number of rotatable bonds is 6. The molecule has 7 nitrogen and oxygen atoms in total. The first-order valence-corrected chi connectivity index (χ1v) is 9.56. The number of nitrogens with zero attached hydrogens (tertiary/aromatic N) is 1. The molecule has 3 unspecified atom stereocenters. The maximum absolute atomic E-state index is 12.7. The fourth-order valence-corrected chi connectivity index (χ4v) is 3.40. The Hall–Kier alpha value is -2.17. The van der Waals surface area contributed by atoms with E-state index in [1.165, 1.54) is 12.1 Å². The van der Waals surface area contributed by atoms with E-state index in [9.17, 15) is 23.1 Å². The molecule has 5 N–H and O–H groups in total. The quantitative estimate of drug-likeness (QED) is 0.421. The molecule has 1 aromatic rings. The molecule has 2 fully saturated rings. The Morgan fingerprint density at radius 2 is 1.90 bits per heavy atom. The van der Waals surface area contributed by atoms with Crippen LogP contribution in [0.2, 0.25) is 0 Å². The Morgan fingerprint density at radius 1 is 1.21 bits per heavy atom. The summed E-state index contributed by atoms with van der Waals surface area (Å²) in [6.45, 7) is -0.0197. The molecule has 2 aliphatic carbocycles. The molecule has 0 spiro atoms. The molecule has 1 amide bonds. The summed E-state index contributed by atoms with van der Waals surface area (Å²) in [5.41, 5.74) is 3.02. The van der Waals surface area contributed by atoms with E-state index in [2.05, 4.69) is 15.7 Å². The summed E-state index contributed by atoms with van der Waals surface area (Å²) >= 11 is 0. The molecule has 0 aromatic heterocycles. The maximum atomic E-state index is 12.7. The Morgan fingerprint density at radius 3 is 2.45 bits per heavy atom. The number of aliphatic imine (C=N–C) groups is 1. The van der Waals surface area contributed by atoms with Gasteiger partial charge in [0.15, 0.2) is 0 Å². The fraction of sp³-hybridized carbons (Fsp3) is 0.579. The van der Waals surface area contributed by atoms with Crippen molar-refractivity contribution < 1.29 is 27.8 Å². The van der Waals surface area contributed by atoms with E-state index in [0.29, 0.717) is 24.1 Å². The van der Waals surface area contributed by atoms with Crippen LogP contribution in [0.3, 0.4) is 0 Å². The highest BCUT2D eigenvalue weighted by atomic mass is 19.4. The summed E-state index contributed by atoms with van der Waals surface area (Å²) in [5.74, 6) is 5.41. The Bertz CT molecular complexity index is 735. The normalized spacial score (nSPS) is 26.4. The lowest BCUT2D eigenvalue weighted by molar-refractivity contribution is -0.137. The predicted octanol–water partition coefficient (Wildman–Crippen LogP) is 2.14. The van der Waals surface area contributed by atoms with Gasteiger partial charge in [0.1, 0.15) is 6.10 Å². The van der Waals surface area contributed by atoms with Gasteiger partial charge in [0.25, 0.3) is 0 Å². The SMILES string of the molecule is NNC1C(=NCc2ccc(C(F)(F)F)cc2)C(CO)CCC1OC(=O)NC1CC1. The monoisotopic (exact) mass is 414 g/mol. The third-order valence-corrected chi connectivity index (χ3v) is 5.19. The second kappa shape index (κ2) is 9.10. The smallest absolute Gasteiger partial charge is 0.416 e. The van der Waals surface area contributed by atoms with Crippen LogP contribution in [0.5, 0.6) is 0 Å². The summed E-state index contributed by atoms with van der Waals surface area (Å²) in [6.07, 6.45) is -2.51. The molecule has 29 heavy (non-hydrogen) atoms. The lowest BCUT2D eigenvalue weighted by Gasteiger charge is -2.36. The molecule has 160 valence electrons. The number of benzene rings is 1. The van der Waals surface area contributed by atoms with Gasteiger partial charge in [0.2, 0.25) is 0 Å². The maximum Gasteiger partial charge on any atom is 0.416 e. The molecular formula is C19H25F3N4O3. The van der Waals surface area contributed by atoms with Crippen LogP contribution in [0.25, 0.3) is 0 Å². The number of aliphatic hydroxyl groups is 1. The summed E-state index contributed by atoms with van der Waals surface area (Å²) < 4.78 is 43.6. The second-order valence-corrected chi connectivity index (χ2v) is 7.40. The molecule has 2 saturated carbocycles. The molecule has 3 rings (SSSR count). The van der Waals surface area contributed by atoms with E-state index in [-0.39, 0.29) is 25.1 Å². The number of halogens is 3. The van der Waals surface area contributed by atoms with Gasteiger partial charge >= 0.3 is 12.3 Å². The van der Waals surface area contributed by atoms with Gasteiger partial charge in [-0.25, -0.2) is 10.2 Å². The molecule has 0 saturated heterocycles. The number of hydrogen-bond donors (Lipinski definition) is 4. The first kappa shape index (κ1) is 21.5. The number of amides is 1. The summed E-state index contributed by atoms with van der Waals surface area (Å²) in [7, 11) is 0. The van der Waals surface area contributed by atoms with Crippen LogP contribution < -0.4 is 16.6 Å². The van der Waals surface area contributed by atoms with Crippen LogP contribution in [0.1, 0.15) is 36.8 Å². The van der Waals surface area contributed by atoms with E-state index in [1.807, 2.05) is 0 Å². The fourth-order valence-electron chi connectivity index (χ4n) is 3.40. The van der Waals surface area contributed by atoms with Gasteiger partial charge in [-0.3, -0.25) is 10.8 Å². The predicted molar refractivity (Wildman–Crippen MR) is 99.9 cm³/mol. The third kappa shape index (κ3) is 5.68. The molecule has 0 heterocycles. The van der Waals surface area contributed by atoms with Crippen molar-refractivity contribution in [3.05, 3.63) is 35.4 Å². The molecule has 0 bridgehead atoms. The van der Waals surface area contributed by atoms with Crippen molar-refractivity contribution >= 4 is 11.8 Å². The summed E-state index contributed by atoms with van der Waals surface area (Å²) in [6, 6.07) is 4.32. The minimum Gasteiger partial charge on any atom is -0.444 e. The first-order chi connectivity index (χ1) is 13.8. The Labute approximate surface area is 166 Å². The number of hydrazine groups is 1. The van der Waals surface area contributed by atoms with Crippen LogP contribution in [0, 0.1) is 5.92 Å². The first-order valence-electron chi connectivity index (χ1n) is 9.56. The zero-order valence-corrected chi connectivity index (χ0v) is 15.8. The highest BCUT2D eigenvalue weighted by Crippen LogP contribution is 2.30. The number of alkyl halides is 3. The van der Waals surface area contributed by atoms with Crippen LogP contribution in [0.4, 0.5) is 18.0 Å².